The highest BCUT2D eigenvalue weighted by atomic mass is 35.5. The van der Waals surface area contributed by atoms with Gasteiger partial charge in [0, 0.05) is 21.4 Å². The van der Waals surface area contributed by atoms with E-state index < -0.39 is 0 Å². The number of hydrogen-bond donors (Lipinski definition) is 0. The summed E-state index contributed by atoms with van der Waals surface area (Å²) in [7, 11) is 0. The van der Waals surface area contributed by atoms with Crippen molar-refractivity contribution in [2.75, 3.05) is 0 Å². The van der Waals surface area contributed by atoms with E-state index in [4.69, 9.17) is 11.6 Å². The third-order valence-corrected chi connectivity index (χ3v) is 6.67. The smallest absolute Gasteiger partial charge is 0.0487 e. The molecular weight excluding hydrogens is 324 g/mol. The lowest BCUT2D eigenvalue weighted by Gasteiger charge is -2.24. The Kier molecular flexibility index (Phi) is 2.78. The highest BCUT2D eigenvalue weighted by Crippen LogP contribution is 2.56. The lowest BCUT2D eigenvalue weighted by Crippen LogP contribution is -2.16. The highest BCUT2D eigenvalue weighted by Gasteiger charge is 2.41. The van der Waals surface area contributed by atoms with E-state index in [1.165, 1.54) is 44.5 Å². The van der Waals surface area contributed by atoms with Crippen molar-refractivity contribution in [1.29, 1.82) is 0 Å². The fraction of sp³-hybridized carbons (Fsp3) is 0.250. The van der Waals surface area contributed by atoms with Crippen LogP contribution in [0, 0.1) is 0 Å². The first-order valence-corrected chi connectivity index (χ1v) is 9.29. The first-order valence-electron chi connectivity index (χ1n) is 8.92. The summed E-state index contributed by atoms with van der Waals surface area (Å²) in [6.07, 6.45) is 0. The van der Waals surface area contributed by atoms with Gasteiger partial charge >= 0.3 is 0 Å². The molecule has 1 heteroatoms. The quantitative estimate of drug-likeness (QED) is 0.413. The molecule has 0 saturated carbocycles. The molecule has 3 aromatic carbocycles. The van der Waals surface area contributed by atoms with E-state index in [1.54, 1.807) is 0 Å². The Morgan fingerprint density at radius 1 is 0.600 bits per heavy atom. The maximum atomic E-state index is 6.64. The Hall–Kier alpha value is -2.05. The van der Waals surface area contributed by atoms with Crippen LogP contribution in [0.1, 0.15) is 49.9 Å². The van der Waals surface area contributed by atoms with Crippen molar-refractivity contribution in [3.8, 4) is 22.3 Å². The molecule has 124 valence electrons. The van der Waals surface area contributed by atoms with E-state index in [-0.39, 0.29) is 10.8 Å². The van der Waals surface area contributed by atoms with E-state index in [9.17, 15) is 0 Å². The van der Waals surface area contributed by atoms with Crippen LogP contribution in [-0.2, 0) is 10.8 Å². The molecule has 0 N–H and O–H groups in total. The zero-order valence-corrected chi connectivity index (χ0v) is 15.8. The summed E-state index contributed by atoms with van der Waals surface area (Å²) in [5.41, 5.74) is 10.9. The number of halogens is 1. The van der Waals surface area contributed by atoms with Gasteiger partial charge in [0.1, 0.15) is 0 Å². The van der Waals surface area contributed by atoms with Crippen LogP contribution in [-0.4, -0.2) is 0 Å². The predicted molar refractivity (Wildman–Crippen MR) is 107 cm³/mol. The molecular formula is C24H21Cl. The van der Waals surface area contributed by atoms with Crippen LogP contribution >= 0.6 is 11.6 Å². The van der Waals surface area contributed by atoms with E-state index >= 15 is 0 Å². The summed E-state index contributed by atoms with van der Waals surface area (Å²) < 4.78 is 0. The van der Waals surface area contributed by atoms with Crippen LogP contribution in [0.25, 0.3) is 22.3 Å². The lowest BCUT2D eigenvalue weighted by molar-refractivity contribution is 0.652. The van der Waals surface area contributed by atoms with Crippen molar-refractivity contribution in [3.63, 3.8) is 0 Å². The van der Waals surface area contributed by atoms with Crippen LogP contribution in [0.2, 0.25) is 5.02 Å². The molecule has 0 radical (unpaired) electrons. The third kappa shape index (κ3) is 1.74. The van der Waals surface area contributed by atoms with Crippen molar-refractivity contribution in [1.82, 2.24) is 0 Å². The molecule has 0 saturated heterocycles. The molecule has 2 aliphatic carbocycles. The Morgan fingerprint density at radius 3 is 2.00 bits per heavy atom. The molecule has 2 aliphatic rings. The maximum absolute atomic E-state index is 6.64. The second-order valence-electron chi connectivity index (χ2n) is 8.40. The Morgan fingerprint density at radius 2 is 1.20 bits per heavy atom. The Labute approximate surface area is 154 Å². The molecule has 0 bridgehead atoms. The van der Waals surface area contributed by atoms with Crippen molar-refractivity contribution in [2.45, 2.75) is 38.5 Å². The molecule has 3 aromatic rings. The Bertz CT molecular complexity index is 1050. The van der Waals surface area contributed by atoms with E-state index in [2.05, 4.69) is 76.2 Å². The van der Waals surface area contributed by atoms with Gasteiger partial charge in [-0.1, -0.05) is 75.7 Å². The van der Waals surface area contributed by atoms with Gasteiger partial charge in [0.05, 0.1) is 0 Å². The third-order valence-electron chi connectivity index (χ3n) is 6.35. The first-order chi connectivity index (χ1) is 11.8. The van der Waals surface area contributed by atoms with Crippen molar-refractivity contribution in [2.24, 2.45) is 0 Å². The van der Waals surface area contributed by atoms with Gasteiger partial charge in [-0.3, -0.25) is 0 Å². The fourth-order valence-electron chi connectivity index (χ4n) is 4.94. The van der Waals surface area contributed by atoms with Gasteiger partial charge < -0.3 is 0 Å². The summed E-state index contributed by atoms with van der Waals surface area (Å²) in [5, 5.41) is 0.859. The van der Waals surface area contributed by atoms with Crippen molar-refractivity contribution >= 4 is 11.6 Å². The van der Waals surface area contributed by atoms with E-state index in [0.717, 1.165) is 5.02 Å². The van der Waals surface area contributed by atoms with E-state index in [0.29, 0.717) is 0 Å². The number of rotatable bonds is 0. The molecule has 0 fully saturated rings. The summed E-state index contributed by atoms with van der Waals surface area (Å²) in [6, 6.07) is 20.0. The minimum absolute atomic E-state index is 0.0216. The SMILES string of the molecule is CC1(C)c2ccccc2-c2cc3c(cc21)-c1c(Cl)cccc1C3(C)C. The monoisotopic (exact) mass is 344 g/mol. The van der Waals surface area contributed by atoms with Crippen LogP contribution in [0.4, 0.5) is 0 Å². The van der Waals surface area contributed by atoms with Gasteiger partial charge in [-0.05, 0) is 57.1 Å². The van der Waals surface area contributed by atoms with Gasteiger partial charge in [0.2, 0.25) is 0 Å². The van der Waals surface area contributed by atoms with Crippen molar-refractivity contribution in [3.05, 3.63) is 81.9 Å². The number of benzene rings is 3. The molecule has 0 nitrogen and oxygen atoms in total. The zero-order chi connectivity index (χ0) is 17.6. The molecule has 0 heterocycles. The van der Waals surface area contributed by atoms with Crippen LogP contribution in [0.3, 0.4) is 0 Å². The van der Waals surface area contributed by atoms with Crippen LogP contribution in [0.15, 0.2) is 54.6 Å². The lowest BCUT2D eigenvalue weighted by atomic mass is 9.79. The molecule has 25 heavy (non-hydrogen) atoms. The Balaban J connectivity index is 1.89. The second-order valence-corrected chi connectivity index (χ2v) is 8.81. The van der Waals surface area contributed by atoms with Crippen LogP contribution < -0.4 is 0 Å². The maximum Gasteiger partial charge on any atom is 0.0487 e. The molecule has 0 spiro atoms. The minimum atomic E-state index is -0.0216. The molecule has 0 aliphatic heterocycles. The van der Waals surface area contributed by atoms with Crippen LogP contribution in [0.5, 0.6) is 0 Å². The molecule has 0 amide bonds. The number of hydrogen-bond acceptors (Lipinski definition) is 0. The molecule has 0 atom stereocenters. The number of fused-ring (bicyclic) bond motifs is 6. The molecule has 0 unspecified atom stereocenters. The van der Waals surface area contributed by atoms with Gasteiger partial charge in [-0.15, -0.1) is 0 Å². The van der Waals surface area contributed by atoms with Gasteiger partial charge in [0.15, 0.2) is 0 Å². The van der Waals surface area contributed by atoms with Crippen molar-refractivity contribution < 1.29 is 0 Å². The van der Waals surface area contributed by atoms with E-state index in [1.807, 2.05) is 6.07 Å². The summed E-state index contributed by atoms with van der Waals surface area (Å²) in [6.45, 7) is 9.29. The summed E-state index contributed by atoms with van der Waals surface area (Å²) in [5.74, 6) is 0. The standard InChI is InChI=1S/C24H21Cl/c1-23(2)17-9-6-5-8-14(17)15-12-20-16(13-19(15)23)22-18(24(20,3)4)10-7-11-21(22)25/h5-13H,1-4H3. The highest BCUT2D eigenvalue weighted by molar-refractivity contribution is 6.34. The second kappa shape index (κ2) is 4.56. The summed E-state index contributed by atoms with van der Waals surface area (Å²) in [4.78, 5) is 0. The largest absolute Gasteiger partial charge is 0.0837 e. The topological polar surface area (TPSA) is 0 Å². The van der Waals surface area contributed by atoms with Gasteiger partial charge in [-0.2, -0.15) is 0 Å². The normalized spacial score (nSPS) is 17.6. The van der Waals surface area contributed by atoms with Gasteiger partial charge in [-0.25, -0.2) is 0 Å². The average molecular weight is 345 g/mol. The minimum Gasteiger partial charge on any atom is -0.0837 e. The molecule has 0 aromatic heterocycles. The first kappa shape index (κ1) is 15.2. The summed E-state index contributed by atoms with van der Waals surface area (Å²) >= 11 is 6.64. The van der Waals surface area contributed by atoms with Gasteiger partial charge in [0.25, 0.3) is 0 Å². The molecule has 5 rings (SSSR count). The zero-order valence-electron chi connectivity index (χ0n) is 15.1. The fourth-order valence-corrected chi connectivity index (χ4v) is 5.21. The average Bonchev–Trinajstić information content (AvgIpc) is 2.95. The predicted octanol–water partition coefficient (Wildman–Crippen LogP) is 6.95.